The molecule has 2 rings (SSSR count). The lowest BCUT2D eigenvalue weighted by Gasteiger charge is -2.15. The lowest BCUT2D eigenvalue weighted by atomic mass is 10.1. The number of fused-ring (bicyclic) bond motifs is 1. The number of aromatic nitrogens is 2. The van der Waals surface area contributed by atoms with E-state index in [-0.39, 0.29) is 5.69 Å². The summed E-state index contributed by atoms with van der Waals surface area (Å²) in [6, 6.07) is 6.04. The van der Waals surface area contributed by atoms with E-state index in [1.54, 1.807) is 0 Å². The van der Waals surface area contributed by atoms with Gasteiger partial charge in [0.25, 0.3) is 0 Å². The highest BCUT2D eigenvalue weighted by Crippen LogP contribution is 2.10. The van der Waals surface area contributed by atoms with Crippen molar-refractivity contribution in [2.24, 2.45) is 5.73 Å². The van der Waals surface area contributed by atoms with Gasteiger partial charge >= 0.3 is 5.69 Å². The minimum atomic E-state index is -0.151. The zero-order chi connectivity index (χ0) is 13.0. The van der Waals surface area contributed by atoms with E-state index in [9.17, 15) is 4.79 Å². The monoisotopic (exact) mass is 248 g/mol. The zero-order valence-corrected chi connectivity index (χ0v) is 10.7. The summed E-state index contributed by atoms with van der Waals surface area (Å²) >= 11 is 0. The molecule has 0 saturated heterocycles. The molecular formula is C13H20N4O. The number of nitrogens with one attached hydrogen (secondary N) is 2. The standard InChI is InChI=1S/C13H20N4O/c1-17(7-2-6-14)8-5-10-3-4-11-12(9-10)16-13(18)15-11/h3-4,9H,2,5-8,14H2,1H3,(H2,15,16,18). The van der Waals surface area contributed by atoms with Gasteiger partial charge in [-0.2, -0.15) is 0 Å². The fourth-order valence-electron chi connectivity index (χ4n) is 2.03. The van der Waals surface area contributed by atoms with Crippen LogP contribution in [0.3, 0.4) is 0 Å². The van der Waals surface area contributed by atoms with Crippen molar-refractivity contribution in [2.75, 3.05) is 26.7 Å². The Hall–Kier alpha value is -1.59. The van der Waals surface area contributed by atoms with Crippen LogP contribution in [0.25, 0.3) is 11.0 Å². The fraction of sp³-hybridized carbons (Fsp3) is 0.462. The Morgan fingerprint density at radius 3 is 2.78 bits per heavy atom. The van der Waals surface area contributed by atoms with Crippen LogP contribution in [0.2, 0.25) is 0 Å². The normalized spacial score (nSPS) is 11.5. The Morgan fingerprint density at radius 2 is 2.00 bits per heavy atom. The molecule has 2 aromatic rings. The van der Waals surface area contributed by atoms with Gasteiger partial charge in [0.1, 0.15) is 0 Å². The molecule has 0 atom stereocenters. The summed E-state index contributed by atoms with van der Waals surface area (Å²) in [7, 11) is 2.10. The van der Waals surface area contributed by atoms with Gasteiger partial charge in [0.15, 0.2) is 0 Å². The van der Waals surface area contributed by atoms with Crippen LogP contribution in [-0.4, -0.2) is 41.5 Å². The Kier molecular flexibility index (Phi) is 4.17. The van der Waals surface area contributed by atoms with E-state index in [1.165, 1.54) is 5.56 Å². The molecular weight excluding hydrogens is 228 g/mol. The number of likely N-dealkylation sites (N-methyl/N-ethyl adjacent to an activating group) is 1. The van der Waals surface area contributed by atoms with Crippen molar-refractivity contribution < 1.29 is 0 Å². The first-order chi connectivity index (χ1) is 8.69. The highest BCUT2D eigenvalue weighted by molar-refractivity contribution is 5.74. The van der Waals surface area contributed by atoms with E-state index in [0.29, 0.717) is 0 Å². The molecule has 0 radical (unpaired) electrons. The maximum Gasteiger partial charge on any atom is 0.323 e. The summed E-state index contributed by atoms with van der Waals surface area (Å²) in [6.45, 7) is 2.76. The minimum Gasteiger partial charge on any atom is -0.330 e. The van der Waals surface area contributed by atoms with Gasteiger partial charge in [-0.05, 0) is 50.7 Å². The van der Waals surface area contributed by atoms with Crippen LogP contribution in [0, 0.1) is 0 Å². The van der Waals surface area contributed by atoms with Gasteiger partial charge in [0.05, 0.1) is 11.0 Å². The minimum absolute atomic E-state index is 0.151. The molecule has 0 spiro atoms. The third-order valence-electron chi connectivity index (χ3n) is 3.11. The highest BCUT2D eigenvalue weighted by atomic mass is 16.1. The lowest BCUT2D eigenvalue weighted by molar-refractivity contribution is 0.335. The number of imidazole rings is 1. The van der Waals surface area contributed by atoms with Gasteiger partial charge in [-0.25, -0.2) is 4.79 Å². The van der Waals surface area contributed by atoms with Gasteiger partial charge < -0.3 is 20.6 Å². The molecule has 5 heteroatoms. The average molecular weight is 248 g/mol. The van der Waals surface area contributed by atoms with Gasteiger partial charge in [0, 0.05) is 6.54 Å². The molecule has 1 aromatic carbocycles. The van der Waals surface area contributed by atoms with Crippen molar-refractivity contribution in [3.8, 4) is 0 Å². The molecule has 5 nitrogen and oxygen atoms in total. The van der Waals surface area contributed by atoms with Crippen molar-refractivity contribution in [2.45, 2.75) is 12.8 Å². The average Bonchev–Trinajstić information content (AvgIpc) is 2.73. The Bertz CT molecular complexity index is 557. The Balaban J connectivity index is 1.97. The molecule has 0 fully saturated rings. The zero-order valence-electron chi connectivity index (χ0n) is 10.7. The van der Waals surface area contributed by atoms with Crippen LogP contribution >= 0.6 is 0 Å². The predicted molar refractivity (Wildman–Crippen MR) is 73.8 cm³/mol. The molecule has 1 heterocycles. The maximum absolute atomic E-state index is 11.2. The summed E-state index contributed by atoms with van der Waals surface area (Å²) in [6.07, 6.45) is 2.00. The number of nitrogens with two attached hydrogens (primary N) is 1. The van der Waals surface area contributed by atoms with E-state index in [4.69, 9.17) is 5.73 Å². The molecule has 0 aliphatic heterocycles. The Morgan fingerprint density at radius 1 is 1.22 bits per heavy atom. The van der Waals surface area contributed by atoms with Crippen molar-refractivity contribution in [3.05, 3.63) is 34.2 Å². The molecule has 0 amide bonds. The molecule has 0 unspecified atom stereocenters. The molecule has 18 heavy (non-hydrogen) atoms. The van der Waals surface area contributed by atoms with Crippen LogP contribution < -0.4 is 11.4 Å². The molecule has 0 saturated carbocycles. The molecule has 4 N–H and O–H groups in total. The summed E-state index contributed by atoms with van der Waals surface area (Å²) in [5, 5.41) is 0. The maximum atomic E-state index is 11.2. The van der Waals surface area contributed by atoms with Crippen molar-refractivity contribution in [3.63, 3.8) is 0 Å². The van der Waals surface area contributed by atoms with Crippen molar-refractivity contribution >= 4 is 11.0 Å². The second-order valence-electron chi connectivity index (χ2n) is 4.65. The van der Waals surface area contributed by atoms with Crippen LogP contribution in [0.4, 0.5) is 0 Å². The second kappa shape index (κ2) is 5.84. The van der Waals surface area contributed by atoms with Gasteiger partial charge in [-0.15, -0.1) is 0 Å². The molecule has 0 aliphatic rings. The number of benzene rings is 1. The summed E-state index contributed by atoms with van der Waals surface area (Å²) in [5.74, 6) is 0. The first-order valence-electron chi connectivity index (χ1n) is 6.28. The van der Waals surface area contributed by atoms with Gasteiger partial charge in [0.2, 0.25) is 0 Å². The number of hydrogen-bond donors (Lipinski definition) is 3. The number of H-pyrrole nitrogens is 2. The Labute approximate surface area is 106 Å². The highest BCUT2D eigenvalue weighted by Gasteiger charge is 2.02. The molecule has 1 aromatic heterocycles. The number of aromatic amines is 2. The first kappa shape index (κ1) is 12.9. The molecule has 0 bridgehead atoms. The SMILES string of the molecule is CN(CCCN)CCc1ccc2[nH]c(=O)[nH]c2c1. The van der Waals surface area contributed by atoms with Crippen molar-refractivity contribution in [1.29, 1.82) is 0 Å². The predicted octanol–water partition coefficient (Wildman–Crippen LogP) is 0.679. The van der Waals surface area contributed by atoms with E-state index in [0.717, 1.165) is 43.5 Å². The van der Waals surface area contributed by atoms with Crippen LogP contribution in [0.5, 0.6) is 0 Å². The van der Waals surface area contributed by atoms with Crippen LogP contribution in [0.1, 0.15) is 12.0 Å². The summed E-state index contributed by atoms with van der Waals surface area (Å²) in [5.41, 5.74) is 8.31. The van der Waals surface area contributed by atoms with E-state index < -0.39 is 0 Å². The van der Waals surface area contributed by atoms with E-state index in [1.807, 2.05) is 12.1 Å². The smallest absolute Gasteiger partial charge is 0.323 e. The molecule has 0 aliphatic carbocycles. The third-order valence-corrected chi connectivity index (χ3v) is 3.11. The first-order valence-corrected chi connectivity index (χ1v) is 6.28. The number of rotatable bonds is 6. The number of hydrogen-bond acceptors (Lipinski definition) is 3. The topological polar surface area (TPSA) is 77.9 Å². The third kappa shape index (κ3) is 3.21. The largest absolute Gasteiger partial charge is 0.330 e. The quantitative estimate of drug-likeness (QED) is 0.703. The summed E-state index contributed by atoms with van der Waals surface area (Å²) < 4.78 is 0. The van der Waals surface area contributed by atoms with Gasteiger partial charge in [-0.1, -0.05) is 6.07 Å². The van der Waals surface area contributed by atoms with Crippen molar-refractivity contribution in [1.82, 2.24) is 14.9 Å². The number of nitrogens with zero attached hydrogens (tertiary/aromatic N) is 1. The second-order valence-corrected chi connectivity index (χ2v) is 4.65. The van der Waals surface area contributed by atoms with Gasteiger partial charge in [-0.3, -0.25) is 0 Å². The van der Waals surface area contributed by atoms with Crippen LogP contribution in [-0.2, 0) is 6.42 Å². The summed E-state index contributed by atoms with van der Waals surface area (Å²) in [4.78, 5) is 19.0. The lowest BCUT2D eigenvalue weighted by Crippen LogP contribution is -2.24. The molecule has 98 valence electrons. The van der Waals surface area contributed by atoms with E-state index in [2.05, 4.69) is 28.0 Å². The van der Waals surface area contributed by atoms with E-state index >= 15 is 0 Å². The fourth-order valence-corrected chi connectivity index (χ4v) is 2.03. The van der Waals surface area contributed by atoms with Crippen LogP contribution in [0.15, 0.2) is 23.0 Å².